The van der Waals surface area contributed by atoms with Gasteiger partial charge in [0.25, 0.3) is 0 Å². The molecule has 51 heavy (non-hydrogen) atoms. The summed E-state index contributed by atoms with van der Waals surface area (Å²) in [5.74, 6) is -0.0482. The largest absolute Gasteiger partial charge is 0.370 e. The minimum atomic E-state index is -0.681. The van der Waals surface area contributed by atoms with Crippen molar-refractivity contribution in [1.82, 2.24) is 5.32 Å². The molecule has 1 amide bonds. The van der Waals surface area contributed by atoms with Gasteiger partial charge in [0, 0.05) is 25.3 Å². The van der Waals surface area contributed by atoms with Crippen LogP contribution in [0.3, 0.4) is 0 Å². The molecule has 0 saturated carbocycles. The lowest BCUT2D eigenvalue weighted by molar-refractivity contribution is -0.194. The lowest BCUT2D eigenvalue weighted by Crippen LogP contribution is -2.59. The topological polar surface area (TPSA) is 112 Å². The molecule has 302 valence electrons. The van der Waals surface area contributed by atoms with Gasteiger partial charge in [0.15, 0.2) is 12.2 Å². The maximum atomic E-state index is 13.3. The van der Waals surface area contributed by atoms with Gasteiger partial charge in [-0.3, -0.25) is 9.79 Å². The van der Waals surface area contributed by atoms with E-state index in [0.29, 0.717) is 42.6 Å². The molecule has 0 spiro atoms. The summed E-state index contributed by atoms with van der Waals surface area (Å²) in [6.45, 7) is 23.7. The predicted octanol–water partition coefficient (Wildman–Crippen LogP) is 11.9. The summed E-state index contributed by atoms with van der Waals surface area (Å²) in [7, 11) is 0. The monoisotopic (exact) mass is 721 g/mol. The van der Waals surface area contributed by atoms with Crippen molar-refractivity contribution in [2.75, 3.05) is 19.8 Å². The zero-order valence-corrected chi connectivity index (χ0v) is 35.4. The molecular formula is C44H88N4O3. The molecule has 1 unspecified atom stereocenters. The zero-order chi connectivity index (χ0) is 38.4. The Kier molecular flexibility index (Phi) is 28.9. The standard InChI is InChI=1S/C44H88N4O3/c1-10-11-12-13-22-27-33-44(48-39(49)38(2)3,34-30-35-47-41(45)46)40(50-36-28-23-18-14-16-20-25-31-42(4,5)6)51-37-29-24-19-15-17-21-26-32-43(7,8)9/h40H,2,10-37H2,1,3-9H3,(H,48,49)(H4,45,46,47). The first-order valence-electron chi connectivity index (χ1n) is 21.4. The smallest absolute Gasteiger partial charge is 0.246 e. The molecule has 0 aliphatic rings. The van der Waals surface area contributed by atoms with Crippen molar-refractivity contribution < 1.29 is 14.3 Å². The lowest BCUT2D eigenvalue weighted by Gasteiger charge is -2.41. The third-order valence-corrected chi connectivity index (χ3v) is 9.93. The second kappa shape index (κ2) is 29.8. The molecule has 5 N–H and O–H groups in total. The minimum absolute atomic E-state index is 0.0925. The van der Waals surface area contributed by atoms with Crippen LogP contribution in [0.4, 0.5) is 0 Å². The van der Waals surface area contributed by atoms with E-state index in [1.165, 1.54) is 103 Å². The van der Waals surface area contributed by atoms with E-state index in [4.69, 9.17) is 20.9 Å². The number of carbonyl (C=O) groups excluding carboxylic acids is 1. The highest BCUT2D eigenvalue weighted by atomic mass is 16.7. The van der Waals surface area contributed by atoms with Crippen LogP contribution in [0.5, 0.6) is 0 Å². The van der Waals surface area contributed by atoms with E-state index in [1.807, 2.05) is 0 Å². The molecular weight excluding hydrogens is 633 g/mol. The van der Waals surface area contributed by atoms with Crippen molar-refractivity contribution in [3.8, 4) is 0 Å². The summed E-state index contributed by atoms with van der Waals surface area (Å²) < 4.78 is 13.4. The number of nitrogens with one attached hydrogen (secondary N) is 1. The van der Waals surface area contributed by atoms with Crippen LogP contribution in [-0.2, 0) is 14.3 Å². The van der Waals surface area contributed by atoms with Gasteiger partial charge in [-0.05, 0) is 62.7 Å². The molecule has 0 aromatic carbocycles. The van der Waals surface area contributed by atoms with Crippen molar-refractivity contribution in [2.45, 2.75) is 228 Å². The Morgan fingerprint density at radius 3 is 1.37 bits per heavy atom. The van der Waals surface area contributed by atoms with Crippen molar-refractivity contribution in [3.05, 3.63) is 12.2 Å². The van der Waals surface area contributed by atoms with Gasteiger partial charge in [0.1, 0.15) is 0 Å². The molecule has 7 heteroatoms. The number of aliphatic imine (C=N–C) groups is 1. The number of ether oxygens (including phenoxy) is 2. The van der Waals surface area contributed by atoms with E-state index in [9.17, 15) is 4.79 Å². The molecule has 0 bridgehead atoms. The number of unbranched alkanes of at least 4 members (excludes halogenated alkanes) is 17. The maximum Gasteiger partial charge on any atom is 0.246 e. The van der Waals surface area contributed by atoms with Gasteiger partial charge in [-0.25, -0.2) is 0 Å². The first-order chi connectivity index (χ1) is 24.1. The average molecular weight is 721 g/mol. The lowest BCUT2D eigenvalue weighted by atomic mass is 9.85. The fourth-order valence-corrected chi connectivity index (χ4v) is 6.73. The quantitative estimate of drug-likeness (QED) is 0.0201. The van der Waals surface area contributed by atoms with Crippen LogP contribution < -0.4 is 16.8 Å². The number of nitrogens with zero attached hydrogens (tertiary/aromatic N) is 1. The molecule has 0 aromatic heterocycles. The van der Waals surface area contributed by atoms with E-state index in [2.05, 4.69) is 65.4 Å². The van der Waals surface area contributed by atoms with Gasteiger partial charge in [-0.1, -0.05) is 171 Å². The van der Waals surface area contributed by atoms with Gasteiger partial charge < -0.3 is 26.3 Å². The molecule has 0 fully saturated rings. The van der Waals surface area contributed by atoms with E-state index >= 15 is 0 Å². The first-order valence-corrected chi connectivity index (χ1v) is 21.4. The Balaban J connectivity index is 5.56. The summed E-state index contributed by atoms with van der Waals surface area (Å²) >= 11 is 0. The average Bonchev–Trinajstić information content (AvgIpc) is 3.04. The summed E-state index contributed by atoms with van der Waals surface area (Å²) in [5, 5.41) is 3.40. The van der Waals surface area contributed by atoms with Crippen LogP contribution in [0.1, 0.15) is 216 Å². The van der Waals surface area contributed by atoms with Crippen molar-refractivity contribution >= 4 is 11.9 Å². The van der Waals surface area contributed by atoms with Crippen LogP contribution >= 0.6 is 0 Å². The van der Waals surface area contributed by atoms with Gasteiger partial charge in [-0.2, -0.15) is 0 Å². The van der Waals surface area contributed by atoms with Gasteiger partial charge in [0.05, 0.1) is 5.54 Å². The Labute approximate surface area is 317 Å². The number of nitrogens with two attached hydrogens (primary N) is 2. The molecule has 1 atom stereocenters. The first kappa shape index (κ1) is 49.4. The van der Waals surface area contributed by atoms with E-state index < -0.39 is 11.8 Å². The molecule has 0 rings (SSSR count). The van der Waals surface area contributed by atoms with Crippen LogP contribution in [0, 0.1) is 10.8 Å². The Bertz CT molecular complexity index is 854. The molecule has 0 aliphatic heterocycles. The van der Waals surface area contributed by atoms with Gasteiger partial charge in [-0.15, -0.1) is 0 Å². The molecule has 0 heterocycles. The van der Waals surface area contributed by atoms with E-state index in [0.717, 1.165) is 51.4 Å². The predicted molar refractivity (Wildman–Crippen MR) is 222 cm³/mol. The maximum absolute atomic E-state index is 13.3. The second-order valence-electron chi connectivity index (χ2n) is 18.0. The zero-order valence-electron chi connectivity index (χ0n) is 35.4. The van der Waals surface area contributed by atoms with Crippen molar-refractivity contribution in [3.63, 3.8) is 0 Å². The second-order valence-corrected chi connectivity index (χ2v) is 18.0. The number of rotatable bonds is 34. The van der Waals surface area contributed by atoms with Crippen molar-refractivity contribution in [1.29, 1.82) is 0 Å². The fraction of sp³-hybridized carbons (Fsp3) is 0.909. The van der Waals surface area contributed by atoms with Crippen LogP contribution in [0.25, 0.3) is 0 Å². The SMILES string of the molecule is C=C(C)C(=O)NC(CCCCCCCC)(CCCN=C(N)N)C(OCCCCCCCCCC(C)(C)C)OCCCCCCCCCC(C)(C)C. The Morgan fingerprint density at radius 2 is 0.980 bits per heavy atom. The Hall–Kier alpha value is -1.60. The molecule has 0 aromatic rings. The highest BCUT2D eigenvalue weighted by Gasteiger charge is 2.41. The van der Waals surface area contributed by atoms with Crippen LogP contribution in [-0.4, -0.2) is 43.5 Å². The molecule has 0 radical (unpaired) electrons. The molecule has 0 saturated heterocycles. The van der Waals surface area contributed by atoms with Crippen molar-refractivity contribution in [2.24, 2.45) is 27.3 Å². The summed E-state index contributed by atoms with van der Waals surface area (Å²) in [5.41, 5.74) is 12.0. The number of amides is 1. The molecule has 7 nitrogen and oxygen atoms in total. The number of guanidine groups is 1. The third-order valence-electron chi connectivity index (χ3n) is 9.93. The Morgan fingerprint density at radius 1 is 0.608 bits per heavy atom. The summed E-state index contributed by atoms with van der Waals surface area (Å²) in [6.07, 6.45) is 28.5. The number of hydrogen-bond acceptors (Lipinski definition) is 4. The van der Waals surface area contributed by atoms with E-state index in [1.54, 1.807) is 6.92 Å². The minimum Gasteiger partial charge on any atom is -0.370 e. The van der Waals surface area contributed by atoms with Crippen LogP contribution in [0.2, 0.25) is 0 Å². The third kappa shape index (κ3) is 30.6. The highest BCUT2D eigenvalue weighted by molar-refractivity contribution is 5.92. The van der Waals surface area contributed by atoms with Gasteiger partial charge in [0.2, 0.25) is 5.91 Å². The normalized spacial score (nSPS) is 13.4. The van der Waals surface area contributed by atoms with E-state index in [-0.39, 0.29) is 11.9 Å². The number of carbonyl (C=O) groups is 1. The van der Waals surface area contributed by atoms with Gasteiger partial charge >= 0.3 is 0 Å². The summed E-state index contributed by atoms with van der Waals surface area (Å²) in [6, 6.07) is 0. The summed E-state index contributed by atoms with van der Waals surface area (Å²) in [4.78, 5) is 17.6. The number of hydrogen-bond donors (Lipinski definition) is 3. The highest BCUT2D eigenvalue weighted by Crippen LogP contribution is 2.31. The van der Waals surface area contributed by atoms with Crippen LogP contribution in [0.15, 0.2) is 17.1 Å². The fourth-order valence-electron chi connectivity index (χ4n) is 6.73. The molecule has 0 aliphatic carbocycles.